The second-order valence-electron chi connectivity index (χ2n) is 34.5. The van der Waals surface area contributed by atoms with Gasteiger partial charge in [0.2, 0.25) is 0 Å². The van der Waals surface area contributed by atoms with Crippen LogP contribution in [0.4, 0.5) is 0 Å². The Labute approximate surface area is 600 Å². The lowest BCUT2D eigenvalue weighted by Gasteiger charge is -2.38. The van der Waals surface area contributed by atoms with Crippen molar-refractivity contribution in [1.29, 1.82) is 0 Å². The van der Waals surface area contributed by atoms with E-state index in [1.54, 1.807) is 0 Å². The van der Waals surface area contributed by atoms with Gasteiger partial charge in [-0.15, -0.1) is 33.3 Å². The van der Waals surface area contributed by atoms with Crippen molar-refractivity contribution in [2.45, 2.75) is 349 Å². The standard InChI is InChI=1S/C90H132Si6/c1-61(2)91(62(3)4,63(5)6)49-43-85-55-79-37-38-81-57-87(45-51-93(67(13)14,68(15)16)69(17)18)89(47-53-95(73(25)26,74(27)28)75(29)30)59-83(81)41-42-84-60-90(48-54-96(76(31)32,77(33)34)78(35)36)88(46-52-94(70(19)20,71(21)22)72(23)24)58-82(84)40-39-80(79)56-86(85)44-50-92(64(7)8,65(9)10)66(11)12/h55-78H,1-36H3. The zero-order valence-electron chi connectivity index (χ0n) is 67.9. The first-order chi connectivity index (χ1) is 44.4. The summed E-state index contributed by atoms with van der Waals surface area (Å²) in [5.41, 5.74) is 43.7. The average molecular weight is 1380 g/mol. The molecule has 1 aliphatic rings. The smallest absolute Gasteiger partial charge is 0.125 e. The largest absolute Gasteiger partial charge is 0.146 e. The van der Waals surface area contributed by atoms with Crippen molar-refractivity contribution in [2.24, 2.45) is 0 Å². The lowest BCUT2D eigenvalue weighted by Crippen LogP contribution is -2.43. The Morgan fingerprint density at radius 2 is 0.250 bits per heavy atom. The third kappa shape index (κ3) is 16.9. The number of fused-ring (bicyclic) bond motifs is 3. The minimum absolute atomic E-state index is 0.461. The van der Waals surface area contributed by atoms with Crippen LogP contribution in [0.1, 0.15) is 316 Å². The van der Waals surface area contributed by atoms with Crippen LogP contribution < -0.4 is 0 Å². The molecule has 0 radical (unpaired) electrons. The highest BCUT2D eigenvalue weighted by Crippen LogP contribution is 2.47. The fourth-order valence-electron chi connectivity index (χ4n) is 19.1. The summed E-state index contributed by atoms with van der Waals surface area (Å²) < 4.78 is 0. The number of hydrogen-bond donors (Lipinski definition) is 0. The average Bonchev–Trinajstić information content (AvgIpc) is 0.564. The number of hydrogen-bond acceptors (Lipinski definition) is 0. The van der Waals surface area contributed by atoms with E-state index >= 15 is 0 Å². The molecule has 6 heteroatoms. The molecular formula is C90H132Si6. The second-order valence-corrected chi connectivity index (χ2v) is 67.9. The molecule has 0 amide bonds. The van der Waals surface area contributed by atoms with Crippen LogP contribution in [-0.2, 0) is 0 Å². The molecule has 0 heterocycles. The van der Waals surface area contributed by atoms with Crippen LogP contribution in [0.5, 0.6) is 0 Å². The molecule has 516 valence electrons. The normalized spacial score (nSPS) is 12.9. The first-order valence-electron chi connectivity index (χ1n) is 37.7. The highest BCUT2D eigenvalue weighted by molar-refractivity contribution is 6.93. The van der Waals surface area contributed by atoms with Crippen LogP contribution in [-0.4, -0.2) is 48.4 Å². The Bertz CT molecular complexity index is 3080. The molecule has 96 heavy (non-hydrogen) atoms. The lowest BCUT2D eigenvalue weighted by atomic mass is 9.94. The lowest BCUT2D eigenvalue weighted by molar-refractivity contribution is 0.838. The van der Waals surface area contributed by atoms with E-state index in [1.807, 2.05) is 0 Å². The van der Waals surface area contributed by atoms with Crippen molar-refractivity contribution in [3.05, 3.63) is 103 Å². The molecule has 0 saturated carbocycles. The Morgan fingerprint density at radius 3 is 0.323 bits per heavy atom. The topological polar surface area (TPSA) is 0 Å². The first-order valence-corrected chi connectivity index (χ1v) is 51.1. The summed E-state index contributed by atoms with van der Waals surface area (Å²) in [6.45, 7) is 86.4. The van der Waals surface area contributed by atoms with Crippen molar-refractivity contribution >= 4 is 48.4 Å². The SMILES string of the molecule is CC(C)[Si](C#Cc1cc2c(cc1C#C[Si](C(C)C)(C(C)C)C(C)C)C#Cc1cc(C#C[Si](C(C)C)(C(C)C)C(C)C)c(C#C[Si](C(C)C)(C(C)C)C(C)C)cc1C#Cc1cc(C#C[Si](C(C)C)(C(C)C)C(C)C)c(C#C[Si](C(C)C)(C(C)C)C(C)C)cc1C#C2)(C(C)C)C(C)C. The van der Waals surface area contributed by atoms with Gasteiger partial charge < -0.3 is 0 Å². The fraction of sp³-hybridized carbons (Fsp3) is 0.600. The summed E-state index contributed by atoms with van der Waals surface area (Å²) in [4.78, 5) is 0. The maximum absolute atomic E-state index is 4.15. The van der Waals surface area contributed by atoms with E-state index in [4.69, 9.17) is 0 Å². The van der Waals surface area contributed by atoms with Gasteiger partial charge in [0, 0.05) is 66.8 Å². The van der Waals surface area contributed by atoms with Gasteiger partial charge in [-0.1, -0.05) is 320 Å². The van der Waals surface area contributed by atoms with E-state index < -0.39 is 48.4 Å². The van der Waals surface area contributed by atoms with Gasteiger partial charge in [0.05, 0.1) is 0 Å². The van der Waals surface area contributed by atoms with Crippen LogP contribution in [0.15, 0.2) is 36.4 Å². The Morgan fingerprint density at radius 1 is 0.167 bits per heavy atom. The van der Waals surface area contributed by atoms with Crippen LogP contribution >= 0.6 is 0 Å². The van der Waals surface area contributed by atoms with Gasteiger partial charge in [-0.25, -0.2) is 0 Å². The van der Waals surface area contributed by atoms with Gasteiger partial charge in [0.15, 0.2) is 0 Å². The van der Waals surface area contributed by atoms with Crippen molar-refractivity contribution in [3.8, 4) is 104 Å². The molecule has 0 aliphatic heterocycles. The van der Waals surface area contributed by atoms with Gasteiger partial charge >= 0.3 is 0 Å². The molecule has 0 N–H and O–H groups in total. The van der Waals surface area contributed by atoms with E-state index in [0.717, 1.165) is 66.8 Å². The summed E-state index contributed by atoms with van der Waals surface area (Å²) in [5.74, 6) is 46.7. The van der Waals surface area contributed by atoms with Gasteiger partial charge in [-0.05, 0) is 136 Å². The highest BCUT2D eigenvalue weighted by Gasteiger charge is 2.47. The zero-order valence-corrected chi connectivity index (χ0v) is 73.9. The predicted octanol–water partition coefficient (Wildman–Crippen LogP) is 25.6. The van der Waals surface area contributed by atoms with E-state index in [2.05, 4.69) is 390 Å². The molecule has 0 unspecified atom stereocenters. The Kier molecular flexibility index (Phi) is 29.5. The van der Waals surface area contributed by atoms with E-state index in [-0.39, 0.29) is 0 Å². The summed E-state index contributed by atoms with van der Waals surface area (Å²) in [7, 11) is -13.2. The third-order valence-corrected chi connectivity index (χ3v) is 61.9. The number of benzene rings is 3. The van der Waals surface area contributed by atoms with Gasteiger partial charge in [-0.2, -0.15) is 0 Å². The molecule has 0 atom stereocenters. The molecular weight excluding hydrogens is 1250 g/mol. The van der Waals surface area contributed by atoms with Crippen molar-refractivity contribution in [2.75, 3.05) is 0 Å². The predicted molar refractivity (Wildman–Crippen MR) is 445 cm³/mol. The van der Waals surface area contributed by atoms with Gasteiger partial charge in [0.1, 0.15) is 48.4 Å². The molecule has 0 spiro atoms. The minimum atomic E-state index is -2.20. The maximum Gasteiger partial charge on any atom is 0.146 e. The number of rotatable bonds is 18. The summed E-state index contributed by atoms with van der Waals surface area (Å²) in [6.07, 6.45) is 0. The molecule has 4 rings (SSSR count). The van der Waals surface area contributed by atoms with Crippen LogP contribution in [0, 0.1) is 104 Å². The molecule has 0 saturated heterocycles. The minimum Gasteiger partial charge on any atom is -0.125 e. The molecule has 3 aromatic rings. The molecule has 0 bridgehead atoms. The Balaban J connectivity index is 2.64. The molecule has 3 aromatic carbocycles. The van der Waals surface area contributed by atoms with Crippen LogP contribution in [0.25, 0.3) is 0 Å². The van der Waals surface area contributed by atoms with E-state index in [1.165, 1.54) is 0 Å². The molecule has 0 fully saturated rings. The second kappa shape index (κ2) is 33.9. The van der Waals surface area contributed by atoms with E-state index in [0.29, 0.717) is 99.7 Å². The van der Waals surface area contributed by atoms with E-state index in [9.17, 15) is 0 Å². The van der Waals surface area contributed by atoms with Crippen molar-refractivity contribution in [3.63, 3.8) is 0 Å². The molecule has 0 aromatic heterocycles. The third-order valence-electron chi connectivity index (χ3n) is 24.1. The summed E-state index contributed by atoms with van der Waals surface area (Å²) in [6, 6.07) is 13.5. The summed E-state index contributed by atoms with van der Waals surface area (Å²) in [5, 5.41) is 0. The highest BCUT2D eigenvalue weighted by atomic mass is 28.3. The first kappa shape index (κ1) is 83.4. The fourth-order valence-corrected chi connectivity index (χ4v) is 50.4. The monoisotopic (exact) mass is 1380 g/mol. The summed E-state index contributed by atoms with van der Waals surface area (Å²) >= 11 is 0. The van der Waals surface area contributed by atoms with Crippen LogP contribution in [0.3, 0.4) is 0 Å². The molecule has 0 nitrogen and oxygen atoms in total. The van der Waals surface area contributed by atoms with Crippen LogP contribution in [0.2, 0.25) is 99.7 Å². The van der Waals surface area contributed by atoms with Crippen molar-refractivity contribution in [1.82, 2.24) is 0 Å². The molecule has 1 aliphatic carbocycles. The van der Waals surface area contributed by atoms with Crippen molar-refractivity contribution < 1.29 is 0 Å². The zero-order chi connectivity index (χ0) is 73.3. The van der Waals surface area contributed by atoms with Gasteiger partial charge in [-0.3, -0.25) is 0 Å². The quantitative estimate of drug-likeness (QED) is 0.0688. The maximum atomic E-state index is 4.15. The van der Waals surface area contributed by atoms with Gasteiger partial charge in [0.25, 0.3) is 0 Å². The Hall–Kier alpha value is -5.00.